The molecule has 0 bridgehead atoms. The molecule has 0 spiro atoms. The van der Waals surface area contributed by atoms with E-state index in [1.807, 2.05) is 0 Å². The maximum Gasteiger partial charge on any atom is 0.185 e. The Balaban J connectivity index is 2.77. The Morgan fingerprint density at radius 2 is 2.60 bits per heavy atom. The Kier molecular flexibility index (Phi) is 1.99. The molecule has 0 radical (unpaired) electrons. The van der Waals surface area contributed by atoms with Crippen molar-refractivity contribution < 1.29 is 4.79 Å². The van der Waals surface area contributed by atoms with Crippen molar-refractivity contribution in [3.05, 3.63) is 30.4 Å². The highest BCUT2D eigenvalue weighted by atomic mass is 16.1. The number of hydrogen-bond acceptors (Lipinski definition) is 2. The second kappa shape index (κ2) is 2.96. The Hall–Kier alpha value is -1.38. The number of nitrogens with zero attached hydrogens (tertiary/aromatic N) is 1. The molecule has 0 atom stereocenters. The van der Waals surface area contributed by atoms with E-state index in [0.717, 1.165) is 5.69 Å². The molecular weight excluding hydrogens is 128 g/mol. The standard InChI is InChI=1S/C7H8N2O/c1-2-3-6-4-8-7(5-10)9-6/h2,4-5H,1,3H2,(H,8,9). The van der Waals surface area contributed by atoms with Gasteiger partial charge in [-0.1, -0.05) is 6.08 Å². The van der Waals surface area contributed by atoms with E-state index in [4.69, 9.17) is 0 Å². The third-order valence-corrected chi connectivity index (χ3v) is 1.12. The number of rotatable bonds is 3. The fourth-order valence-corrected chi connectivity index (χ4v) is 0.689. The lowest BCUT2D eigenvalue weighted by Crippen LogP contribution is -1.83. The van der Waals surface area contributed by atoms with Gasteiger partial charge in [-0.05, 0) is 0 Å². The van der Waals surface area contributed by atoms with Crippen LogP contribution in [0.25, 0.3) is 0 Å². The molecule has 0 aliphatic heterocycles. The quantitative estimate of drug-likeness (QED) is 0.496. The van der Waals surface area contributed by atoms with Crippen LogP contribution in [0.15, 0.2) is 18.9 Å². The molecule has 1 rings (SSSR count). The lowest BCUT2D eigenvalue weighted by Gasteiger charge is -1.81. The average Bonchev–Trinajstić information content (AvgIpc) is 2.37. The molecule has 0 aliphatic rings. The lowest BCUT2D eigenvalue weighted by molar-refractivity contribution is 0.111. The van der Waals surface area contributed by atoms with Crippen molar-refractivity contribution in [1.29, 1.82) is 0 Å². The van der Waals surface area contributed by atoms with Gasteiger partial charge in [0.1, 0.15) is 0 Å². The fourth-order valence-electron chi connectivity index (χ4n) is 0.689. The van der Waals surface area contributed by atoms with E-state index in [0.29, 0.717) is 18.5 Å². The van der Waals surface area contributed by atoms with Crippen molar-refractivity contribution >= 4 is 6.29 Å². The molecule has 3 nitrogen and oxygen atoms in total. The summed E-state index contributed by atoms with van der Waals surface area (Å²) in [5.74, 6) is 0.372. The number of H-pyrrole nitrogens is 1. The van der Waals surface area contributed by atoms with Crippen molar-refractivity contribution in [2.45, 2.75) is 6.42 Å². The Morgan fingerprint density at radius 3 is 3.10 bits per heavy atom. The minimum atomic E-state index is 0.372. The van der Waals surface area contributed by atoms with E-state index < -0.39 is 0 Å². The Morgan fingerprint density at radius 1 is 1.80 bits per heavy atom. The predicted octanol–water partition coefficient (Wildman–Crippen LogP) is 0.951. The van der Waals surface area contributed by atoms with E-state index in [9.17, 15) is 4.79 Å². The molecule has 52 valence electrons. The van der Waals surface area contributed by atoms with Crippen LogP contribution in [0.5, 0.6) is 0 Å². The molecule has 1 aromatic heterocycles. The van der Waals surface area contributed by atoms with E-state index in [1.54, 1.807) is 12.3 Å². The first kappa shape index (κ1) is 6.74. The first-order valence-electron chi connectivity index (χ1n) is 2.97. The summed E-state index contributed by atoms with van der Waals surface area (Å²) in [6, 6.07) is 0. The third kappa shape index (κ3) is 1.31. The average molecular weight is 136 g/mol. The fraction of sp³-hybridized carbons (Fsp3) is 0.143. The number of aromatic nitrogens is 2. The first-order chi connectivity index (χ1) is 4.86. The maximum atomic E-state index is 10.1. The van der Waals surface area contributed by atoms with Crippen LogP contribution in [0.3, 0.4) is 0 Å². The second-order valence-corrected chi connectivity index (χ2v) is 1.89. The van der Waals surface area contributed by atoms with E-state index in [-0.39, 0.29) is 0 Å². The van der Waals surface area contributed by atoms with Crippen molar-refractivity contribution in [3.63, 3.8) is 0 Å². The molecule has 0 fully saturated rings. The molecule has 0 aromatic carbocycles. The number of aromatic amines is 1. The number of carbonyl (C=O) groups is 1. The highest BCUT2D eigenvalue weighted by Gasteiger charge is 1.95. The molecule has 0 unspecified atom stereocenters. The molecule has 3 heteroatoms. The summed E-state index contributed by atoms with van der Waals surface area (Å²) in [6.45, 7) is 3.55. The molecule has 1 aromatic rings. The van der Waals surface area contributed by atoms with Gasteiger partial charge >= 0.3 is 0 Å². The van der Waals surface area contributed by atoms with Gasteiger partial charge in [-0.15, -0.1) is 6.58 Å². The number of nitrogens with one attached hydrogen (secondary N) is 1. The van der Waals surface area contributed by atoms with Crippen LogP contribution in [0.1, 0.15) is 16.3 Å². The summed E-state index contributed by atoms with van der Waals surface area (Å²) in [6.07, 6.45) is 4.83. The van der Waals surface area contributed by atoms with Gasteiger partial charge in [0, 0.05) is 12.6 Å². The van der Waals surface area contributed by atoms with E-state index in [2.05, 4.69) is 16.5 Å². The van der Waals surface area contributed by atoms with E-state index >= 15 is 0 Å². The van der Waals surface area contributed by atoms with Gasteiger partial charge in [0.25, 0.3) is 0 Å². The van der Waals surface area contributed by atoms with Gasteiger partial charge in [0.15, 0.2) is 12.1 Å². The largest absolute Gasteiger partial charge is 0.342 e. The minimum Gasteiger partial charge on any atom is -0.342 e. The highest BCUT2D eigenvalue weighted by molar-refractivity contribution is 5.68. The maximum absolute atomic E-state index is 10.1. The van der Waals surface area contributed by atoms with Crippen molar-refractivity contribution in [3.8, 4) is 0 Å². The minimum absolute atomic E-state index is 0.372. The topological polar surface area (TPSA) is 45.8 Å². The van der Waals surface area contributed by atoms with Crippen molar-refractivity contribution in [1.82, 2.24) is 9.97 Å². The highest BCUT2D eigenvalue weighted by Crippen LogP contribution is 1.95. The van der Waals surface area contributed by atoms with Gasteiger partial charge in [0.2, 0.25) is 0 Å². The van der Waals surface area contributed by atoms with Crippen molar-refractivity contribution in [2.24, 2.45) is 0 Å². The molecule has 0 aliphatic carbocycles. The zero-order chi connectivity index (χ0) is 7.40. The van der Waals surface area contributed by atoms with Gasteiger partial charge in [0.05, 0.1) is 5.69 Å². The van der Waals surface area contributed by atoms with Gasteiger partial charge in [-0.2, -0.15) is 0 Å². The normalized spacial score (nSPS) is 9.20. The van der Waals surface area contributed by atoms with E-state index in [1.165, 1.54) is 0 Å². The number of carbonyl (C=O) groups excluding carboxylic acids is 1. The molecule has 0 amide bonds. The van der Waals surface area contributed by atoms with Gasteiger partial charge < -0.3 is 4.98 Å². The van der Waals surface area contributed by atoms with Gasteiger partial charge in [-0.3, -0.25) is 4.79 Å². The molecular formula is C7H8N2O. The Labute approximate surface area is 58.8 Å². The summed E-state index contributed by atoms with van der Waals surface area (Å²) in [5.41, 5.74) is 0.845. The summed E-state index contributed by atoms with van der Waals surface area (Å²) in [7, 11) is 0. The van der Waals surface area contributed by atoms with Crippen LogP contribution in [-0.4, -0.2) is 16.3 Å². The summed E-state index contributed by atoms with van der Waals surface area (Å²) < 4.78 is 0. The first-order valence-corrected chi connectivity index (χ1v) is 2.97. The zero-order valence-electron chi connectivity index (χ0n) is 5.50. The van der Waals surface area contributed by atoms with Crippen LogP contribution in [0, 0.1) is 0 Å². The molecule has 10 heavy (non-hydrogen) atoms. The number of aldehydes is 1. The Bertz CT molecular complexity index is 240. The second-order valence-electron chi connectivity index (χ2n) is 1.89. The smallest absolute Gasteiger partial charge is 0.185 e. The van der Waals surface area contributed by atoms with Crippen LogP contribution in [-0.2, 0) is 6.42 Å². The molecule has 1 heterocycles. The van der Waals surface area contributed by atoms with Crippen LogP contribution >= 0.6 is 0 Å². The SMILES string of the molecule is C=CCc1c[nH]c(C=O)n1. The molecule has 1 N–H and O–H groups in total. The van der Waals surface area contributed by atoms with Crippen LogP contribution < -0.4 is 0 Å². The van der Waals surface area contributed by atoms with Crippen LogP contribution in [0.2, 0.25) is 0 Å². The zero-order valence-corrected chi connectivity index (χ0v) is 5.50. The van der Waals surface area contributed by atoms with Gasteiger partial charge in [-0.25, -0.2) is 4.98 Å². The van der Waals surface area contributed by atoms with Crippen molar-refractivity contribution in [2.75, 3.05) is 0 Å². The molecule has 0 saturated carbocycles. The third-order valence-electron chi connectivity index (χ3n) is 1.12. The monoisotopic (exact) mass is 136 g/mol. The number of imidazole rings is 1. The number of hydrogen-bond donors (Lipinski definition) is 1. The van der Waals surface area contributed by atoms with Crippen LogP contribution in [0.4, 0.5) is 0 Å². The summed E-state index contributed by atoms with van der Waals surface area (Å²) in [4.78, 5) is 16.7. The molecule has 0 saturated heterocycles. The lowest BCUT2D eigenvalue weighted by atomic mass is 10.3. The summed E-state index contributed by atoms with van der Waals surface area (Å²) >= 11 is 0. The number of allylic oxidation sites excluding steroid dienone is 1. The predicted molar refractivity (Wildman–Crippen MR) is 37.9 cm³/mol. The summed E-state index contributed by atoms with van der Waals surface area (Å²) in [5, 5.41) is 0.